The van der Waals surface area contributed by atoms with Crippen LogP contribution in [0.1, 0.15) is 16.7 Å². The second-order valence-electron chi connectivity index (χ2n) is 7.62. The van der Waals surface area contributed by atoms with E-state index in [1.807, 2.05) is 6.07 Å². The van der Waals surface area contributed by atoms with Crippen molar-refractivity contribution in [3.05, 3.63) is 71.0 Å². The number of nitrogens with zero attached hydrogens (tertiary/aromatic N) is 1. The molecule has 0 spiro atoms. The van der Waals surface area contributed by atoms with Gasteiger partial charge in [-0.05, 0) is 35.2 Å². The molecule has 4 rings (SSSR count). The Morgan fingerprint density at radius 1 is 1.07 bits per heavy atom. The molecule has 0 saturated carbocycles. The first-order valence-corrected chi connectivity index (χ1v) is 9.86. The van der Waals surface area contributed by atoms with Gasteiger partial charge in [0.15, 0.2) is 0 Å². The normalized spacial score (nSPS) is 27.7. The van der Waals surface area contributed by atoms with Crippen LogP contribution in [-0.2, 0) is 24.2 Å². The van der Waals surface area contributed by atoms with E-state index in [2.05, 4.69) is 28.4 Å². The third-order valence-electron chi connectivity index (χ3n) is 5.81. The van der Waals surface area contributed by atoms with Crippen molar-refractivity contribution in [1.29, 1.82) is 0 Å². The summed E-state index contributed by atoms with van der Waals surface area (Å²) in [4.78, 5) is 2.27. The van der Waals surface area contributed by atoms with Crippen LogP contribution in [0.15, 0.2) is 48.5 Å². The predicted octanol–water partition coefficient (Wildman–Crippen LogP) is 1.46. The van der Waals surface area contributed by atoms with Crippen molar-refractivity contribution < 1.29 is 19.3 Å². The quantitative estimate of drug-likeness (QED) is 0.702. The van der Waals surface area contributed by atoms with Gasteiger partial charge in [-0.25, -0.2) is 4.39 Å². The number of aliphatic hydroxyl groups is 2. The highest BCUT2D eigenvalue weighted by Crippen LogP contribution is 2.30. The van der Waals surface area contributed by atoms with Crippen LogP contribution >= 0.6 is 0 Å². The van der Waals surface area contributed by atoms with Crippen LogP contribution in [-0.4, -0.2) is 59.2 Å². The molecule has 2 heterocycles. The van der Waals surface area contributed by atoms with E-state index in [4.69, 9.17) is 4.74 Å². The third-order valence-corrected chi connectivity index (χ3v) is 5.81. The second-order valence-corrected chi connectivity index (χ2v) is 7.62. The Labute approximate surface area is 164 Å². The molecule has 0 unspecified atom stereocenters. The molecule has 2 aromatic rings. The van der Waals surface area contributed by atoms with E-state index >= 15 is 0 Å². The number of hydrogen-bond donors (Lipinski definition) is 3. The van der Waals surface area contributed by atoms with E-state index in [0.717, 1.165) is 25.1 Å². The molecular formula is C22H27FN2O3. The number of halogens is 1. The van der Waals surface area contributed by atoms with Gasteiger partial charge in [-0.2, -0.15) is 0 Å². The zero-order chi connectivity index (χ0) is 19.5. The molecule has 4 atom stereocenters. The van der Waals surface area contributed by atoms with Crippen molar-refractivity contribution in [2.45, 2.75) is 43.9 Å². The molecule has 0 aromatic heterocycles. The molecule has 1 saturated heterocycles. The molecule has 150 valence electrons. The topological polar surface area (TPSA) is 65.0 Å². The van der Waals surface area contributed by atoms with Crippen molar-refractivity contribution in [1.82, 2.24) is 10.2 Å². The minimum atomic E-state index is -0.729. The van der Waals surface area contributed by atoms with Crippen molar-refractivity contribution in [3.8, 4) is 0 Å². The Kier molecular flexibility index (Phi) is 6.04. The lowest BCUT2D eigenvalue weighted by Crippen LogP contribution is -2.52. The molecule has 0 radical (unpaired) electrons. The van der Waals surface area contributed by atoms with Gasteiger partial charge in [-0.3, -0.25) is 4.90 Å². The molecule has 1 fully saturated rings. The van der Waals surface area contributed by atoms with Gasteiger partial charge >= 0.3 is 0 Å². The van der Waals surface area contributed by atoms with Gasteiger partial charge in [0.2, 0.25) is 0 Å². The fourth-order valence-electron chi connectivity index (χ4n) is 4.33. The van der Waals surface area contributed by atoms with Crippen LogP contribution in [0.5, 0.6) is 0 Å². The lowest BCUT2D eigenvalue weighted by atomic mass is 9.95. The van der Waals surface area contributed by atoms with Gasteiger partial charge in [0.05, 0.1) is 18.8 Å². The largest absolute Gasteiger partial charge is 0.394 e. The Bertz CT molecular complexity index is 786. The zero-order valence-electron chi connectivity index (χ0n) is 15.8. The van der Waals surface area contributed by atoms with Crippen molar-refractivity contribution in [3.63, 3.8) is 0 Å². The van der Waals surface area contributed by atoms with Crippen LogP contribution in [0, 0.1) is 5.82 Å². The maximum atomic E-state index is 13.0. The maximum Gasteiger partial charge on any atom is 0.123 e. The summed E-state index contributed by atoms with van der Waals surface area (Å²) >= 11 is 0. The number of hydrogen-bond acceptors (Lipinski definition) is 5. The number of benzene rings is 2. The summed E-state index contributed by atoms with van der Waals surface area (Å²) in [5.74, 6) is -0.248. The molecule has 2 aliphatic rings. The van der Waals surface area contributed by atoms with Crippen LogP contribution in [0.2, 0.25) is 0 Å². The van der Waals surface area contributed by atoms with E-state index in [1.54, 1.807) is 12.1 Å². The smallest absolute Gasteiger partial charge is 0.123 e. The summed E-state index contributed by atoms with van der Waals surface area (Å²) < 4.78 is 19.0. The van der Waals surface area contributed by atoms with E-state index in [9.17, 15) is 14.6 Å². The average Bonchev–Trinajstić information content (AvgIpc) is 3.04. The Morgan fingerprint density at radius 2 is 1.82 bits per heavy atom. The monoisotopic (exact) mass is 386 g/mol. The van der Waals surface area contributed by atoms with Crippen LogP contribution < -0.4 is 5.32 Å². The summed E-state index contributed by atoms with van der Waals surface area (Å²) in [5, 5.41) is 23.7. The van der Waals surface area contributed by atoms with Crippen LogP contribution in [0.4, 0.5) is 4.39 Å². The minimum Gasteiger partial charge on any atom is -0.394 e. The van der Waals surface area contributed by atoms with Crippen LogP contribution in [0.25, 0.3) is 0 Å². The molecular weight excluding hydrogens is 359 g/mol. The highest BCUT2D eigenvalue weighted by Gasteiger charge is 2.46. The van der Waals surface area contributed by atoms with Gasteiger partial charge in [0.1, 0.15) is 18.0 Å². The molecule has 0 amide bonds. The predicted molar refractivity (Wildman–Crippen MR) is 104 cm³/mol. The molecule has 5 nitrogen and oxygen atoms in total. The number of aliphatic hydroxyl groups excluding tert-OH is 2. The van der Waals surface area contributed by atoms with E-state index < -0.39 is 12.2 Å². The number of ether oxygens (including phenoxy) is 1. The SMILES string of the molecule is OC[C@@H]1O[C@H](CNCc2ccc(F)cc2)[C@@H](N2CCc3ccccc3C2)[C@@H]1O. The van der Waals surface area contributed by atoms with Gasteiger partial charge in [0, 0.05) is 26.2 Å². The summed E-state index contributed by atoms with van der Waals surface area (Å²) in [6.07, 6.45) is -0.579. The summed E-state index contributed by atoms with van der Waals surface area (Å²) in [6.45, 7) is 2.57. The zero-order valence-corrected chi connectivity index (χ0v) is 15.8. The highest BCUT2D eigenvalue weighted by molar-refractivity contribution is 5.29. The van der Waals surface area contributed by atoms with E-state index in [0.29, 0.717) is 13.1 Å². The molecule has 2 aliphatic heterocycles. The van der Waals surface area contributed by atoms with E-state index in [-0.39, 0.29) is 24.6 Å². The number of rotatable bonds is 6. The lowest BCUT2D eigenvalue weighted by Gasteiger charge is -2.37. The van der Waals surface area contributed by atoms with Gasteiger partial charge in [-0.15, -0.1) is 0 Å². The van der Waals surface area contributed by atoms with Crippen LogP contribution in [0.3, 0.4) is 0 Å². The first-order valence-electron chi connectivity index (χ1n) is 9.86. The first-order chi connectivity index (χ1) is 13.7. The second kappa shape index (κ2) is 8.68. The summed E-state index contributed by atoms with van der Waals surface area (Å²) in [5.41, 5.74) is 3.63. The Balaban J connectivity index is 1.42. The molecule has 28 heavy (non-hydrogen) atoms. The molecule has 0 aliphatic carbocycles. The lowest BCUT2D eigenvalue weighted by molar-refractivity contribution is -0.0213. The van der Waals surface area contributed by atoms with Gasteiger partial charge < -0.3 is 20.3 Å². The molecule has 0 bridgehead atoms. The average molecular weight is 386 g/mol. The molecule has 2 aromatic carbocycles. The maximum absolute atomic E-state index is 13.0. The third kappa shape index (κ3) is 4.11. The van der Waals surface area contributed by atoms with Gasteiger partial charge in [-0.1, -0.05) is 36.4 Å². The summed E-state index contributed by atoms with van der Waals surface area (Å²) in [7, 11) is 0. The minimum absolute atomic E-state index is 0.175. The number of nitrogens with one attached hydrogen (secondary N) is 1. The van der Waals surface area contributed by atoms with Crippen molar-refractivity contribution in [2.24, 2.45) is 0 Å². The molecule has 6 heteroatoms. The fraction of sp³-hybridized carbons (Fsp3) is 0.455. The summed E-state index contributed by atoms with van der Waals surface area (Å²) in [6, 6.07) is 14.6. The van der Waals surface area contributed by atoms with Gasteiger partial charge in [0.25, 0.3) is 0 Å². The number of fused-ring (bicyclic) bond motifs is 1. The Morgan fingerprint density at radius 3 is 2.57 bits per heavy atom. The highest BCUT2D eigenvalue weighted by atomic mass is 19.1. The first kappa shape index (κ1) is 19.5. The van der Waals surface area contributed by atoms with Crippen molar-refractivity contribution >= 4 is 0 Å². The van der Waals surface area contributed by atoms with Crippen molar-refractivity contribution in [2.75, 3.05) is 19.7 Å². The Hall–Kier alpha value is -1.83. The van der Waals surface area contributed by atoms with E-state index in [1.165, 1.54) is 23.3 Å². The molecule has 3 N–H and O–H groups in total. The fourth-order valence-corrected chi connectivity index (χ4v) is 4.33. The standard InChI is InChI=1S/C22H27FN2O3/c23-18-7-5-15(6-8-18)11-24-12-19-21(22(27)20(14-26)28-19)25-10-9-16-3-1-2-4-17(16)13-25/h1-8,19-22,24,26-27H,9-14H2/t19-,20+,21-,22-/m1/s1.